The zero-order valence-corrected chi connectivity index (χ0v) is 6.71. The van der Waals surface area contributed by atoms with Gasteiger partial charge >= 0.3 is 0 Å². The molecule has 0 aliphatic heterocycles. The van der Waals surface area contributed by atoms with E-state index >= 15 is 0 Å². The Kier molecular flexibility index (Phi) is 8.09. The van der Waals surface area contributed by atoms with Crippen molar-refractivity contribution in [3.8, 4) is 0 Å². The van der Waals surface area contributed by atoms with Crippen molar-refractivity contribution in [2.75, 3.05) is 20.6 Å². The lowest BCUT2D eigenvalue weighted by molar-refractivity contribution is 0.430. The van der Waals surface area contributed by atoms with Crippen LogP contribution in [-0.4, -0.2) is 35.7 Å². The normalized spacial score (nSPS) is 13.1. The van der Waals surface area contributed by atoms with Crippen molar-refractivity contribution in [3.63, 3.8) is 0 Å². The molecule has 0 aromatic carbocycles. The highest BCUT2D eigenvalue weighted by molar-refractivity contribution is 7.82. The van der Waals surface area contributed by atoms with Crippen molar-refractivity contribution in [2.24, 2.45) is 0 Å². The second kappa shape index (κ2) is 5.69. The molecule has 0 bridgehead atoms. The van der Waals surface area contributed by atoms with E-state index in [0.29, 0.717) is 0 Å². The highest BCUT2D eigenvalue weighted by Crippen LogP contribution is 1.99. The first-order valence-corrected chi connectivity index (χ1v) is 3.05. The fourth-order valence-corrected chi connectivity index (χ4v) is 0.904. The molecule has 0 saturated heterocycles. The van der Waals surface area contributed by atoms with Gasteiger partial charge in [-0.25, -0.2) is 0 Å². The van der Waals surface area contributed by atoms with Crippen molar-refractivity contribution < 1.29 is 5.48 Å². The Bertz CT molecular complexity index is 45.3. The molecule has 0 fully saturated rings. The highest BCUT2D eigenvalue weighted by atomic mass is 35.5. The Morgan fingerprint density at radius 2 is 2.00 bits per heavy atom. The summed E-state index contributed by atoms with van der Waals surface area (Å²) in [5.74, 6) is 0. The molecule has 52 valence electrons. The summed E-state index contributed by atoms with van der Waals surface area (Å²) < 4.78 is -0.0324. The second-order valence-corrected chi connectivity index (χ2v) is 3.15. The minimum Gasteiger partial charge on any atom is -0.412 e. The van der Waals surface area contributed by atoms with E-state index in [9.17, 15) is 0 Å². The first kappa shape index (κ1) is 11.4. The number of hydrogen-bond acceptors (Lipinski definition) is 2. The zero-order chi connectivity index (χ0) is 5.86. The van der Waals surface area contributed by atoms with Crippen molar-refractivity contribution in [1.82, 2.24) is 4.90 Å². The third-order valence-electron chi connectivity index (χ3n) is 0.516. The van der Waals surface area contributed by atoms with Crippen LogP contribution in [0.3, 0.4) is 0 Å². The molecular weight excluding hydrogens is 146 g/mol. The minimum atomic E-state index is -0.0324. The maximum atomic E-state index is 5.50. The number of alkyl halides is 1. The zero-order valence-electron chi connectivity index (χ0n) is 5.06. The summed E-state index contributed by atoms with van der Waals surface area (Å²) in [6.07, 6.45) is 0. The Balaban J connectivity index is 0. The molecule has 0 aromatic rings. The first-order valence-electron chi connectivity index (χ1n) is 2.10. The van der Waals surface area contributed by atoms with Crippen LogP contribution in [0.25, 0.3) is 0 Å². The van der Waals surface area contributed by atoms with Crippen LogP contribution in [0, 0.1) is 0 Å². The summed E-state index contributed by atoms with van der Waals surface area (Å²) in [7, 11) is 3.93. The molecule has 0 aliphatic carbocycles. The van der Waals surface area contributed by atoms with Gasteiger partial charge < -0.3 is 10.4 Å². The van der Waals surface area contributed by atoms with E-state index in [0.717, 1.165) is 6.54 Å². The van der Waals surface area contributed by atoms with Gasteiger partial charge in [-0.05, 0) is 14.1 Å². The lowest BCUT2D eigenvalue weighted by atomic mass is 10.7. The molecule has 0 radical (unpaired) electrons. The van der Waals surface area contributed by atoms with Crippen LogP contribution < -0.4 is 0 Å². The van der Waals surface area contributed by atoms with E-state index < -0.39 is 0 Å². The predicted octanol–water partition coefficient (Wildman–Crippen LogP) is 0.218. The Labute approximate surface area is 60.5 Å². The van der Waals surface area contributed by atoms with Crippen LogP contribution in [-0.2, 0) is 0 Å². The summed E-state index contributed by atoms with van der Waals surface area (Å²) in [4.78, 5) is 1.99. The molecule has 0 heterocycles. The van der Waals surface area contributed by atoms with E-state index in [4.69, 9.17) is 11.6 Å². The summed E-state index contributed by atoms with van der Waals surface area (Å²) >= 11 is 9.46. The standard InChI is InChI=1S/C4H10ClNS.H2O/c1-6(2)3-4(5)7;/h4,7H,3H2,1-2H3;1H2. The third kappa shape index (κ3) is 9.75. The highest BCUT2D eigenvalue weighted by Gasteiger charge is 1.95. The molecule has 1 atom stereocenters. The van der Waals surface area contributed by atoms with Gasteiger partial charge in [-0.3, -0.25) is 0 Å². The lowest BCUT2D eigenvalue weighted by Crippen LogP contribution is -2.18. The molecule has 0 saturated carbocycles. The van der Waals surface area contributed by atoms with Gasteiger partial charge in [0.15, 0.2) is 0 Å². The molecule has 1 unspecified atom stereocenters. The van der Waals surface area contributed by atoms with Gasteiger partial charge in [0.1, 0.15) is 0 Å². The molecule has 2 N–H and O–H groups in total. The SMILES string of the molecule is CN(C)CC(S)Cl.O. The van der Waals surface area contributed by atoms with Crippen LogP contribution in [0.4, 0.5) is 0 Å². The molecule has 2 nitrogen and oxygen atoms in total. The maximum Gasteiger partial charge on any atom is 0.0886 e. The van der Waals surface area contributed by atoms with Gasteiger partial charge in [-0.15, -0.1) is 11.6 Å². The van der Waals surface area contributed by atoms with Gasteiger partial charge in [0.2, 0.25) is 0 Å². The molecule has 0 aromatic heterocycles. The summed E-state index contributed by atoms with van der Waals surface area (Å²) in [5.41, 5.74) is 0. The van der Waals surface area contributed by atoms with Crippen LogP contribution in [0.15, 0.2) is 0 Å². The molecular formula is C4H12ClNOS. The third-order valence-corrected chi connectivity index (χ3v) is 0.817. The van der Waals surface area contributed by atoms with E-state index in [2.05, 4.69) is 12.6 Å². The van der Waals surface area contributed by atoms with Crippen LogP contribution in [0.5, 0.6) is 0 Å². The molecule has 0 spiro atoms. The minimum absolute atomic E-state index is 0. The van der Waals surface area contributed by atoms with Gasteiger partial charge in [0, 0.05) is 6.54 Å². The molecule has 0 aliphatic rings. The van der Waals surface area contributed by atoms with Crippen molar-refractivity contribution in [2.45, 2.75) is 4.71 Å². The van der Waals surface area contributed by atoms with E-state index in [1.807, 2.05) is 19.0 Å². The Hall–Kier alpha value is 0.560. The predicted molar refractivity (Wildman–Crippen MR) is 40.8 cm³/mol. The second-order valence-electron chi connectivity index (χ2n) is 1.70. The molecule has 0 amide bonds. The number of thiol groups is 1. The van der Waals surface area contributed by atoms with Crippen LogP contribution >= 0.6 is 24.2 Å². The average molecular weight is 158 g/mol. The largest absolute Gasteiger partial charge is 0.412 e. The van der Waals surface area contributed by atoms with Gasteiger partial charge in [0.05, 0.1) is 4.71 Å². The smallest absolute Gasteiger partial charge is 0.0886 e. The molecule has 0 rings (SSSR count). The molecule has 8 heavy (non-hydrogen) atoms. The topological polar surface area (TPSA) is 34.7 Å². The van der Waals surface area contributed by atoms with E-state index in [-0.39, 0.29) is 10.2 Å². The van der Waals surface area contributed by atoms with Gasteiger partial charge in [-0.2, -0.15) is 12.6 Å². The van der Waals surface area contributed by atoms with Crippen molar-refractivity contribution in [1.29, 1.82) is 0 Å². The lowest BCUT2D eigenvalue weighted by Gasteiger charge is -2.08. The first-order chi connectivity index (χ1) is 3.13. The van der Waals surface area contributed by atoms with Crippen molar-refractivity contribution >= 4 is 24.2 Å². The number of nitrogens with zero attached hydrogens (tertiary/aromatic N) is 1. The van der Waals surface area contributed by atoms with Crippen LogP contribution in [0.1, 0.15) is 0 Å². The number of halogens is 1. The van der Waals surface area contributed by atoms with Crippen LogP contribution in [0.2, 0.25) is 0 Å². The monoisotopic (exact) mass is 157 g/mol. The summed E-state index contributed by atoms with van der Waals surface area (Å²) in [6.45, 7) is 0.824. The summed E-state index contributed by atoms with van der Waals surface area (Å²) in [6, 6.07) is 0. The maximum absolute atomic E-state index is 5.50. The Morgan fingerprint density at radius 3 is 2.00 bits per heavy atom. The van der Waals surface area contributed by atoms with E-state index in [1.165, 1.54) is 0 Å². The molecule has 4 heteroatoms. The Morgan fingerprint density at radius 1 is 1.62 bits per heavy atom. The average Bonchev–Trinajstić information content (AvgIpc) is 1.27. The fraction of sp³-hybridized carbons (Fsp3) is 1.00. The fourth-order valence-electron chi connectivity index (χ4n) is 0.301. The summed E-state index contributed by atoms with van der Waals surface area (Å²) in [5, 5.41) is 0. The van der Waals surface area contributed by atoms with Gasteiger partial charge in [0.25, 0.3) is 0 Å². The number of rotatable bonds is 2. The van der Waals surface area contributed by atoms with Crippen molar-refractivity contribution in [3.05, 3.63) is 0 Å². The quantitative estimate of drug-likeness (QED) is 0.452. The van der Waals surface area contributed by atoms with Gasteiger partial charge in [-0.1, -0.05) is 0 Å². The number of hydrogen-bond donors (Lipinski definition) is 1. The van der Waals surface area contributed by atoms with E-state index in [1.54, 1.807) is 0 Å².